The molecule has 0 radical (unpaired) electrons. The van der Waals surface area contributed by atoms with Gasteiger partial charge in [-0.1, -0.05) is 32.9 Å². The molecule has 20 heavy (non-hydrogen) atoms. The first-order valence-corrected chi connectivity index (χ1v) is 8.12. The van der Waals surface area contributed by atoms with Crippen molar-refractivity contribution in [2.24, 2.45) is 0 Å². The number of aryl methyl sites for hydroxylation is 3. The van der Waals surface area contributed by atoms with Crippen LogP contribution < -0.4 is 0 Å². The van der Waals surface area contributed by atoms with E-state index in [0.717, 1.165) is 19.3 Å². The molecule has 2 atom stereocenters. The van der Waals surface area contributed by atoms with Gasteiger partial charge in [-0.15, -0.1) is 11.6 Å². The van der Waals surface area contributed by atoms with Crippen LogP contribution >= 0.6 is 11.6 Å². The Kier molecular flexibility index (Phi) is 5.88. The average molecular weight is 297 g/mol. The maximum Gasteiger partial charge on any atom is 0.101 e. The molecule has 2 nitrogen and oxygen atoms in total. The van der Waals surface area contributed by atoms with E-state index in [4.69, 9.17) is 21.1 Å². The third kappa shape index (κ3) is 3.36. The summed E-state index contributed by atoms with van der Waals surface area (Å²) in [6.45, 7) is 8.50. The van der Waals surface area contributed by atoms with Gasteiger partial charge in [-0.2, -0.15) is 0 Å². The second kappa shape index (κ2) is 7.44. The van der Waals surface area contributed by atoms with E-state index in [1.54, 1.807) is 0 Å². The maximum absolute atomic E-state index is 6.74. The highest BCUT2D eigenvalue weighted by Crippen LogP contribution is 2.34. The predicted octanol–water partition coefficient (Wildman–Crippen LogP) is 4.07. The Balaban J connectivity index is 2.36. The topological polar surface area (TPSA) is 18.5 Å². The molecule has 1 aliphatic heterocycles. The summed E-state index contributed by atoms with van der Waals surface area (Å²) >= 11 is 6.74. The zero-order valence-electron chi connectivity index (χ0n) is 12.7. The van der Waals surface area contributed by atoms with Crippen molar-refractivity contribution in [2.75, 3.05) is 19.8 Å². The third-order valence-electron chi connectivity index (χ3n) is 4.03. The van der Waals surface area contributed by atoms with E-state index >= 15 is 0 Å². The van der Waals surface area contributed by atoms with Gasteiger partial charge in [0.05, 0.1) is 25.2 Å². The highest BCUT2D eigenvalue weighted by Gasteiger charge is 2.28. The van der Waals surface area contributed by atoms with Gasteiger partial charge >= 0.3 is 0 Å². The first kappa shape index (κ1) is 15.8. The van der Waals surface area contributed by atoms with Gasteiger partial charge in [-0.25, -0.2) is 0 Å². The number of ether oxygens (including phenoxy) is 2. The molecule has 1 aromatic rings. The van der Waals surface area contributed by atoms with Crippen LogP contribution in [-0.2, 0) is 28.7 Å². The maximum atomic E-state index is 6.74. The molecule has 0 aliphatic carbocycles. The molecule has 2 rings (SSSR count). The first-order valence-electron chi connectivity index (χ1n) is 7.69. The van der Waals surface area contributed by atoms with Gasteiger partial charge in [0.1, 0.15) is 6.10 Å². The zero-order chi connectivity index (χ0) is 14.5. The molecule has 1 fully saturated rings. The number of hydrogen-bond acceptors (Lipinski definition) is 2. The Hall–Kier alpha value is -0.570. The molecule has 2 unspecified atom stereocenters. The van der Waals surface area contributed by atoms with Crippen molar-refractivity contribution in [3.05, 3.63) is 34.4 Å². The van der Waals surface area contributed by atoms with Gasteiger partial charge in [0.25, 0.3) is 0 Å². The molecule has 0 saturated carbocycles. The molecule has 0 N–H and O–H groups in total. The lowest BCUT2D eigenvalue weighted by molar-refractivity contribution is -0.0893. The van der Waals surface area contributed by atoms with Crippen LogP contribution in [0.5, 0.6) is 0 Å². The van der Waals surface area contributed by atoms with E-state index in [1.165, 1.54) is 22.3 Å². The number of rotatable bonds is 5. The van der Waals surface area contributed by atoms with E-state index in [2.05, 4.69) is 32.9 Å². The number of alkyl halides is 1. The quantitative estimate of drug-likeness (QED) is 0.763. The molecular formula is C17H25ClO2. The van der Waals surface area contributed by atoms with E-state index in [1.807, 2.05) is 0 Å². The van der Waals surface area contributed by atoms with Crippen molar-refractivity contribution >= 4 is 11.6 Å². The number of hydrogen-bond donors (Lipinski definition) is 0. The van der Waals surface area contributed by atoms with Gasteiger partial charge in [-0.05, 0) is 41.5 Å². The Labute approximate surface area is 127 Å². The van der Waals surface area contributed by atoms with E-state index in [9.17, 15) is 0 Å². The fraction of sp³-hybridized carbons (Fsp3) is 0.647. The lowest BCUT2D eigenvalue weighted by atomic mass is 9.90. The van der Waals surface area contributed by atoms with Crippen molar-refractivity contribution in [1.82, 2.24) is 0 Å². The van der Waals surface area contributed by atoms with Crippen LogP contribution in [0.15, 0.2) is 12.1 Å². The van der Waals surface area contributed by atoms with Crippen molar-refractivity contribution in [3.8, 4) is 0 Å². The van der Waals surface area contributed by atoms with Gasteiger partial charge in [0.15, 0.2) is 0 Å². The Morgan fingerprint density at radius 2 is 1.75 bits per heavy atom. The van der Waals surface area contributed by atoms with Crippen LogP contribution in [0.1, 0.15) is 48.4 Å². The van der Waals surface area contributed by atoms with Crippen LogP contribution in [0, 0.1) is 0 Å². The Morgan fingerprint density at radius 3 is 2.20 bits per heavy atom. The minimum atomic E-state index is -0.119. The van der Waals surface area contributed by atoms with Crippen molar-refractivity contribution in [3.63, 3.8) is 0 Å². The highest BCUT2D eigenvalue weighted by atomic mass is 35.5. The van der Waals surface area contributed by atoms with Crippen molar-refractivity contribution in [1.29, 1.82) is 0 Å². The molecule has 1 aromatic carbocycles. The van der Waals surface area contributed by atoms with Gasteiger partial charge in [-0.3, -0.25) is 0 Å². The average Bonchev–Trinajstić information content (AvgIpc) is 2.53. The summed E-state index contributed by atoms with van der Waals surface area (Å²) in [7, 11) is 0. The number of benzene rings is 1. The molecule has 0 amide bonds. The van der Waals surface area contributed by atoms with E-state index < -0.39 is 0 Å². The largest absolute Gasteiger partial charge is 0.376 e. The fourth-order valence-corrected chi connectivity index (χ4v) is 3.28. The first-order chi connectivity index (χ1) is 9.71. The second-order valence-corrected chi connectivity index (χ2v) is 5.74. The zero-order valence-corrected chi connectivity index (χ0v) is 13.5. The second-order valence-electron chi connectivity index (χ2n) is 5.27. The normalized spacial score (nSPS) is 20.9. The van der Waals surface area contributed by atoms with Crippen LogP contribution in [0.2, 0.25) is 0 Å². The standard InChI is InChI=1S/C17H25ClO2/c1-4-12-9-13(5-2)16(14(6-3)10-12)17(18)15-11-19-7-8-20-15/h9-10,15,17H,4-8,11H2,1-3H3. The SMILES string of the molecule is CCc1cc(CC)c(C(Cl)C2COCCO2)c(CC)c1. The van der Waals surface area contributed by atoms with Gasteiger partial charge < -0.3 is 9.47 Å². The molecular weight excluding hydrogens is 272 g/mol. The summed E-state index contributed by atoms with van der Waals surface area (Å²) < 4.78 is 11.3. The molecule has 0 aromatic heterocycles. The summed E-state index contributed by atoms with van der Waals surface area (Å²) in [6, 6.07) is 4.60. The molecule has 1 heterocycles. The molecule has 0 bridgehead atoms. The summed E-state index contributed by atoms with van der Waals surface area (Å²) in [5, 5.41) is -0.119. The molecule has 1 saturated heterocycles. The summed E-state index contributed by atoms with van der Waals surface area (Å²) in [5.41, 5.74) is 5.38. The molecule has 1 aliphatic rings. The minimum Gasteiger partial charge on any atom is -0.376 e. The molecule has 112 valence electrons. The molecule has 0 spiro atoms. The van der Waals surface area contributed by atoms with Crippen LogP contribution in [0.3, 0.4) is 0 Å². The molecule has 3 heteroatoms. The van der Waals surface area contributed by atoms with E-state index in [-0.39, 0.29) is 11.5 Å². The monoisotopic (exact) mass is 296 g/mol. The summed E-state index contributed by atoms with van der Waals surface area (Å²) in [4.78, 5) is 0. The predicted molar refractivity (Wildman–Crippen MR) is 83.7 cm³/mol. The fourth-order valence-electron chi connectivity index (χ4n) is 2.86. The minimum absolute atomic E-state index is 0.0338. The Morgan fingerprint density at radius 1 is 1.10 bits per heavy atom. The van der Waals surface area contributed by atoms with Crippen LogP contribution in [-0.4, -0.2) is 25.9 Å². The van der Waals surface area contributed by atoms with Gasteiger partial charge in [0.2, 0.25) is 0 Å². The van der Waals surface area contributed by atoms with Crippen molar-refractivity contribution < 1.29 is 9.47 Å². The highest BCUT2D eigenvalue weighted by molar-refractivity contribution is 6.21. The summed E-state index contributed by atoms with van der Waals surface area (Å²) in [5.74, 6) is 0. The van der Waals surface area contributed by atoms with Crippen molar-refractivity contribution in [2.45, 2.75) is 51.5 Å². The van der Waals surface area contributed by atoms with E-state index in [0.29, 0.717) is 19.8 Å². The third-order valence-corrected chi connectivity index (χ3v) is 4.52. The van der Waals surface area contributed by atoms with Gasteiger partial charge in [0, 0.05) is 0 Å². The van der Waals surface area contributed by atoms with Crippen LogP contribution in [0.25, 0.3) is 0 Å². The smallest absolute Gasteiger partial charge is 0.101 e. The Bertz CT molecular complexity index is 414. The lowest BCUT2D eigenvalue weighted by Crippen LogP contribution is -2.32. The number of halogens is 1. The van der Waals surface area contributed by atoms with Crippen LogP contribution in [0.4, 0.5) is 0 Å². The lowest BCUT2D eigenvalue weighted by Gasteiger charge is -2.29. The summed E-state index contributed by atoms with van der Waals surface area (Å²) in [6.07, 6.45) is 3.05.